The zero-order valence-corrected chi connectivity index (χ0v) is 20.2. The molecule has 0 bridgehead atoms. The highest BCUT2D eigenvalue weighted by molar-refractivity contribution is 6.46. The second-order valence-electron chi connectivity index (χ2n) is 8.87. The van der Waals surface area contributed by atoms with Crippen LogP contribution in [0.25, 0.3) is 11.4 Å². The van der Waals surface area contributed by atoms with E-state index < -0.39 is 29.5 Å². The number of aromatic nitrogens is 2. The van der Waals surface area contributed by atoms with Crippen LogP contribution < -0.4 is 10.0 Å². The van der Waals surface area contributed by atoms with E-state index in [0.29, 0.717) is 35.4 Å². The summed E-state index contributed by atoms with van der Waals surface area (Å²) in [5, 5.41) is 13.9. The summed E-state index contributed by atoms with van der Waals surface area (Å²) in [6.07, 6.45) is 2.37. The van der Waals surface area contributed by atoms with Gasteiger partial charge in [-0.15, -0.1) is 0 Å². The summed E-state index contributed by atoms with van der Waals surface area (Å²) in [6.45, 7) is 2.82. The standard InChI is InChI=1S/C26H28N4O5/c1-16-21(29-14-6-5-8-19(29)27-16)23(31)20-22(17-9-11-18(12-10-17)26(34)35-4)30(25(33)24(20)32)15-7-13-28(2)3/h5-6,8-12,14,22,31H,7,13,15H2,1-4H3. The van der Waals surface area contributed by atoms with Gasteiger partial charge in [-0.1, -0.05) is 24.0 Å². The predicted molar refractivity (Wildman–Crippen MR) is 126 cm³/mol. The van der Waals surface area contributed by atoms with Gasteiger partial charge in [0.05, 0.1) is 50.7 Å². The highest BCUT2D eigenvalue weighted by atomic mass is 16.5. The first-order chi connectivity index (χ1) is 16.7. The van der Waals surface area contributed by atoms with Gasteiger partial charge in [-0.2, -0.15) is 0 Å². The molecule has 1 aromatic carbocycles. The van der Waals surface area contributed by atoms with Gasteiger partial charge in [0.1, 0.15) is 5.65 Å². The van der Waals surface area contributed by atoms with E-state index in [1.807, 2.05) is 20.2 Å². The molecule has 1 unspecified atom stereocenters. The summed E-state index contributed by atoms with van der Waals surface area (Å²) < 4.78 is 6.40. The molecule has 3 aromatic rings. The minimum Gasteiger partial charge on any atom is -0.871 e. The normalized spacial score (nSPS) is 17.5. The number of rotatable bonds is 7. The lowest BCUT2D eigenvalue weighted by molar-refractivity contribution is -0.858. The summed E-state index contributed by atoms with van der Waals surface area (Å²) in [6, 6.07) is 10.9. The van der Waals surface area contributed by atoms with E-state index >= 15 is 0 Å². The number of Topliss-reactive ketones (excluding diaryl/α,β-unsaturated/α-hetero) is 1. The Kier molecular flexibility index (Phi) is 6.70. The van der Waals surface area contributed by atoms with Gasteiger partial charge in [0.2, 0.25) is 5.78 Å². The Labute approximate surface area is 203 Å². The first kappa shape index (κ1) is 24.2. The molecule has 9 nitrogen and oxygen atoms in total. The molecule has 0 aliphatic carbocycles. The second kappa shape index (κ2) is 9.71. The number of esters is 1. The van der Waals surface area contributed by atoms with Crippen molar-refractivity contribution in [2.24, 2.45) is 0 Å². The molecule has 4 rings (SSSR count). The number of methoxy groups -OCH3 is 1. The highest BCUT2D eigenvalue weighted by Gasteiger charge is 2.44. The number of aryl methyl sites for hydroxylation is 1. The largest absolute Gasteiger partial charge is 0.871 e. The number of hydrogen-bond donors (Lipinski definition) is 1. The Balaban J connectivity index is 1.86. The Morgan fingerprint density at radius 1 is 1.14 bits per heavy atom. The minimum absolute atomic E-state index is 0.105. The molecular weight excluding hydrogens is 448 g/mol. The van der Waals surface area contributed by atoms with Crippen molar-refractivity contribution in [2.45, 2.75) is 19.4 Å². The van der Waals surface area contributed by atoms with Gasteiger partial charge in [-0.25, -0.2) is 9.78 Å². The Bertz CT molecular complexity index is 1320. The first-order valence-corrected chi connectivity index (χ1v) is 11.4. The number of fused-ring (bicyclic) bond motifs is 1. The fourth-order valence-electron chi connectivity index (χ4n) is 4.48. The van der Waals surface area contributed by atoms with Gasteiger partial charge >= 0.3 is 5.97 Å². The summed E-state index contributed by atoms with van der Waals surface area (Å²) in [4.78, 5) is 45.4. The van der Waals surface area contributed by atoms with Crippen LogP contribution in [-0.2, 0) is 14.3 Å². The number of quaternary nitrogens is 1. The number of imidazole rings is 1. The summed E-state index contributed by atoms with van der Waals surface area (Å²) >= 11 is 0. The van der Waals surface area contributed by atoms with E-state index in [1.165, 1.54) is 16.9 Å². The molecule has 0 radical (unpaired) electrons. The average Bonchev–Trinajstić information content (AvgIpc) is 3.31. The second-order valence-corrected chi connectivity index (χ2v) is 8.87. The fourth-order valence-corrected chi connectivity index (χ4v) is 4.48. The Morgan fingerprint density at radius 3 is 2.51 bits per heavy atom. The third-order valence-corrected chi connectivity index (χ3v) is 6.17. The molecule has 1 fully saturated rings. The highest BCUT2D eigenvalue weighted by Crippen LogP contribution is 2.39. The van der Waals surface area contributed by atoms with Crippen LogP contribution in [0.2, 0.25) is 0 Å². The molecule has 3 heterocycles. The van der Waals surface area contributed by atoms with Crippen molar-refractivity contribution >= 4 is 29.1 Å². The van der Waals surface area contributed by atoms with Gasteiger partial charge in [-0.05, 0) is 36.8 Å². The molecule has 2 aromatic heterocycles. The summed E-state index contributed by atoms with van der Waals surface area (Å²) in [5.74, 6) is -2.53. The van der Waals surface area contributed by atoms with E-state index in [0.717, 1.165) is 6.54 Å². The number of likely N-dealkylation sites (tertiary alicyclic amines) is 1. The van der Waals surface area contributed by atoms with Crippen molar-refractivity contribution in [3.05, 3.63) is 76.7 Å². The molecule has 1 aliphatic heterocycles. The van der Waals surface area contributed by atoms with Crippen molar-refractivity contribution < 1.29 is 29.1 Å². The number of benzene rings is 1. The third kappa shape index (κ3) is 4.42. The van der Waals surface area contributed by atoms with Crippen LogP contribution in [0.4, 0.5) is 0 Å². The number of nitrogens with zero attached hydrogens (tertiary/aromatic N) is 3. The number of ketones is 1. The lowest BCUT2D eigenvalue weighted by Gasteiger charge is -2.27. The topological polar surface area (TPSA) is 108 Å². The van der Waals surface area contributed by atoms with E-state index in [1.54, 1.807) is 53.9 Å². The van der Waals surface area contributed by atoms with Gasteiger partial charge in [0, 0.05) is 24.7 Å². The molecule has 1 amide bonds. The minimum atomic E-state index is -0.861. The molecule has 1 atom stereocenters. The molecule has 1 saturated heterocycles. The van der Waals surface area contributed by atoms with E-state index in [-0.39, 0.29) is 11.3 Å². The molecule has 182 valence electrons. The molecule has 1 N–H and O–H groups in total. The SMILES string of the molecule is COC(=O)c1ccc(C2C(=C([O-])c3c(C)nc4ccccn34)C(=O)C(=O)N2CCC[NH+](C)C)cc1. The third-order valence-electron chi connectivity index (χ3n) is 6.17. The van der Waals surface area contributed by atoms with Crippen molar-refractivity contribution in [3.63, 3.8) is 0 Å². The van der Waals surface area contributed by atoms with E-state index in [4.69, 9.17) is 4.74 Å². The molecule has 0 spiro atoms. The van der Waals surface area contributed by atoms with Gasteiger partial charge in [-0.3, -0.25) is 9.59 Å². The van der Waals surface area contributed by atoms with Crippen LogP contribution in [0.3, 0.4) is 0 Å². The van der Waals surface area contributed by atoms with Crippen LogP contribution in [0.1, 0.15) is 39.8 Å². The number of ether oxygens (including phenoxy) is 1. The van der Waals surface area contributed by atoms with E-state index in [9.17, 15) is 19.5 Å². The number of pyridine rings is 1. The zero-order valence-electron chi connectivity index (χ0n) is 20.2. The monoisotopic (exact) mass is 476 g/mol. The molecule has 9 heteroatoms. The number of amides is 1. The number of carbonyl (C=O) groups is 3. The first-order valence-electron chi connectivity index (χ1n) is 11.4. The maximum Gasteiger partial charge on any atom is 0.337 e. The molecular formula is C26H28N4O5. The van der Waals surface area contributed by atoms with E-state index in [2.05, 4.69) is 4.98 Å². The number of hydrogen-bond acceptors (Lipinski definition) is 6. The fraction of sp³-hybridized carbons (Fsp3) is 0.308. The van der Waals surface area contributed by atoms with Crippen molar-refractivity contribution in [3.8, 4) is 0 Å². The Morgan fingerprint density at radius 2 is 1.86 bits per heavy atom. The van der Waals surface area contributed by atoms with Crippen LogP contribution in [-0.4, -0.2) is 66.2 Å². The van der Waals surface area contributed by atoms with Crippen molar-refractivity contribution in [1.82, 2.24) is 14.3 Å². The lowest BCUT2D eigenvalue weighted by atomic mass is 9.95. The van der Waals surface area contributed by atoms with Gasteiger partial charge in [0.15, 0.2) is 0 Å². The molecule has 1 aliphatic rings. The Hall–Kier alpha value is -3.98. The van der Waals surface area contributed by atoms with Crippen LogP contribution in [0, 0.1) is 6.92 Å². The van der Waals surface area contributed by atoms with Crippen LogP contribution in [0.5, 0.6) is 0 Å². The van der Waals surface area contributed by atoms with Crippen LogP contribution in [0.15, 0.2) is 54.2 Å². The predicted octanol–water partition coefficient (Wildman–Crippen LogP) is 0.188. The maximum absolute atomic E-state index is 13.9. The van der Waals surface area contributed by atoms with Crippen LogP contribution >= 0.6 is 0 Å². The maximum atomic E-state index is 13.9. The zero-order chi connectivity index (χ0) is 25.3. The van der Waals surface area contributed by atoms with Gasteiger partial charge < -0.3 is 24.0 Å². The number of carbonyl (C=O) groups excluding carboxylic acids is 3. The average molecular weight is 477 g/mol. The van der Waals surface area contributed by atoms with Gasteiger partial charge in [0.25, 0.3) is 5.91 Å². The van der Waals surface area contributed by atoms with Crippen molar-refractivity contribution in [2.75, 3.05) is 34.3 Å². The lowest BCUT2D eigenvalue weighted by Crippen LogP contribution is -3.05. The molecule has 0 saturated carbocycles. The number of nitrogens with one attached hydrogen (secondary N) is 1. The quantitative estimate of drug-likeness (QED) is 0.226. The molecule has 35 heavy (non-hydrogen) atoms. The smallest absolute Gasteiger partial charge is 0.337 e. The summed E-state index contributed by atoms with van der Waals surface area (Å²) in [7, 11) is 5.31. The van der Waals surface area contributed by atoms with Crippen molar-refractivity contribution in [1.29, 1.82) is 0 Å². The summed E-state index contributed by atoms with van der Waals surface area (Å²) in [5.41, 5.74) is 2.11.